The van der Waals surface area contributed by atoms with Crippen LogP contribution in [-0.2, 0) is 22.4 Å². The molecular formula is C20H21N3O3. The van der Waals surface area contributed by atoms with E-state index in [1.54, 1.807) is 6.20 Å². The van der Waals surface area contributed by atoms with E-state index in [4.69, 9.17) is 5.73 Å². The highest BCUT2D eigenvalue weighted by atomic mass is 16.4. The summed E-state index contributed by atoms with van der Waals surface area (Å²) in [6.45, 7) is 0. The standard InChI is InChI=1S/C20H21N3O3/c21-16(10-13-6-2-1-3-7-13)19(24)23-18(20(25)26)11-14-12-22-17-9-5-4-8-15(14)17/h1-9,12,16,18,22H,10-11,21H2,(H,23,24)(H,25,26)/t16-,18+/m0/s1. The van der Waals surface area contributed by atoms with Gasteiger partial charge in [0.05, 0.1) is 6.04 Å². The average Bonchev–Trinajstić information content (AvgIpc) is 3.05. The van der Waals surface area contributed by atoms with Gasteiger partial charge in [-0.2, -0.15) is 0 Å². The third kappa shape index (κ3) is 4.10. The Kier molecular flexibility index (Phi) is 5.34. The molecule has 5 N–H and O–H groups in total. The number of aromatic nitrogens is 1. The monoisotopic (exact) mass is 351 g/mol. The molecule has 0 saturated carbocycles. The highest BCUT2D eigenvalue weighted by Gasteiger charge is 2.24. The van der Waals surface area contributed by atoms with Crippen molar-refractivity contribution in [2.75, 3.05) is 0 Å². The molecule has 3 aromatic rings. The lowest BCUT2D eigenvalue weighted by molar-refractivity contribution is -0.141. The second kappa shape index (κ2) is 7.84. The van der Waals surface area contributed by atoms with Gasteiger partial charge in [0.15, 0.2) is 0 Å². The summed E-state index contributed by atoms with van der Waals surface area (Å²) in [6.07, 6.45) is 2.31. The van der Waals surface area contributed by atoms with Crippen LogP contribution < -0.4 is 11.1 Å². The number of para-hydroxylation sites is 1. The number of carbonyl (C=O) groups excluding carboxylic acids is 1. The molecule has 0 aliphatic carbocycles. The number of hydrogen-bond acceptors (Lipinski definition) is 3. The molecule has 0 unspecified atom stereocenters. The van der Waals surface area contributed by atoms with Gasteiger partial charge < -0.3 is 21.1 Å². The second-order valence-electron chi connectivity index (χ2n) is 6.26. The van der Waals surface area contributed by atoms with Crippen LogP contribution in [0.15, 0.2) is 60.8 Å². The summed E-state index contributed by atoms with van der Waals surface area (Å²) in [6, 6.07) is 15.2. The van der Waals surface area contributed by atoms with E-state index in [1.165, 1.54) is 0 Å². The molecule has 0 radical (unpaired) electrons. The fourth-order valence-corrected chi connectivity index (χ4v) is 2.96. The molecular weight excluding hydrogens is 330 g/mol. The lowest BCUT2D eigenvalue weighted by Gasteiger charge is -2.18. The van der Waals surface area contributed by atoms with Crippen LogP contribution in [0.4, 0.5) is 0 Å². The maximum Gasteiger partial charge on any atom is 0.326 e. The van der Waals surface area contributed by atoms with Gasteiger partial charge in [-0.05, 0) is 23.6 Å². The normalized spacial score (nSPS) is 13.3. The lowest BCUT2D eigenvalue weighted by atomic mass is 10.0. The van der Waals surface area contributed by atoms with Gasteiger partial charge >= 0.3 is 5.97 Å². The molecule has 6 nitrogen and oxygen atoms in total. The van der Waals surface area contributed by atoms with E-state index in [9.17, 15) is 14.7 Å². The fourth-order valence-electron chi connectivity index (χ4n) is 2.96. The molecule has 6 heteroatoms. The Labute approximate surface area is 151 Å². The number of H-pyrrole nitrogens is 1. The number of aliphatic carboxylic acids is 1. The Hall–Kier alpha value is -3.12. The van der Waals surface area contributed by atoms with Crippen LogP contribution in [-0.4, -0.2) is 34.1 Å². The van der Waals surface area contributed by atoms with Crippen molar-refractivity contribution in [3.05, 3.63) is 71.9 Å². The molecule has 2 atom stereocenters. The summed E-state index contributed by atoms with van der Waals surface area (Å²) >= 11 is 0. The maximum absolute atomic E-state index is 12.3. The summed E-state index contributed by atoms with van der Waals surface area (Å²) < 4.78 is 0. The number of aromatic amines is 1. The lowest BCUT2D eigenvalue weighted by Crippen LogP contribution is -2.50. The number of carbonyl (C=O) groups is 2. The van der Waals surface area contributed by atoms with Gasteiger partial charge in [0.2, 0.25) is 5.91 Å². The molecule has 0 spiro atoms. The molecule has 3 rings (SSSR count). The first-order valence-electron chi connectivity index (χ1n) is 8.42. The average molecular weight is 351 g/mol. The van der Waals surface area contributed by atoms with Crippen LogP contribution in [0.1, 0.15) is 11.1 Å². The number of carboxylic acid groups (broad SMARTS) is 1. The zero-order valence-corrected chi connectivity index (χ0v) is 14.2. The van der Waals surface area contributed by atoms with Crippen molar-refractivity contribution in [1.82, 2.24) is 10.3 Å². The van der Waals surface area contributed by atoms with Gasteiger partial charge in [0.25, 0.3) is 0 Å². The summed E-state index contributed by atoms with van der Waals surface area (Å²) in [5.74, 6) is -1.56. The number of fused-ring (bicyclic) bond motifs is 1. The second-order valence-corrected chi connectivity index (χ2v) is 6.26. The molecule has 0 aliphatic rings. The van der Waals surface area contributed by atoms with Gasteiger partial charge in [-0.1, -0.05) is 48.5 Å². The van der Waals surface area contributed by atoms with Crippen molar-refractivity contribution >= 4 is 22.8 Å². The Morgan fingerprint density at radius 1 is 1.04 bits per heavy atom. The molecule has 134 valence electrons. The Balaban J connectivity index is 1.68. The minimum absolute atomic E-state index is 0.184. The molecule has 1 aromatic heterocycles. The van der Waals surface area contributed by atoms with E-state index in [0.717, 1.165) is 22.0 Å². The zero-order valence-electron chi connectivity index (χ0n) is 14.2. The summed E-state index contributed by atoms with van der Waals surface area (Å²) in [7, 11) is 0. The van der Waals surface area contributed by atoms with E-state index in [-0.39, 0.29) is 6.42 Å². The van der Waals surface area contributed by atoms with Gasteiger partial charge in [0, 0.05) is 23.5 Å². The first-order chi connectivity index (χ1) is 12.5. The topological polar surface area (TPSA) is 108 Å². The van der Waals surface area contributed by atoms with Crippen molar-refractivity contribution in [2.24, 2.45) is 5.73 Å². The predicted octanol–water partition coefficient (Wildman–Crippen LogP) is 1.85. The van der Waals surface area contributed by atoms with Gasteiger partial charge in [-0.15, -0.1) is 0 Å². The molecule has 0 aliphatic heterocycles. The number of amides is 1. The molecule has 0 fully saturated rings. The van der Waals surface area contributed by atoms with E-state index in [2.05, 4.69) is 10.3 Å². The van der Waals surface area contributed by atoms with Crippen molar-refractivity contribution < 1.29 is 14.7 Å². The first-order valence-corrected chi connectivity index (χ1v) is 8.42. The third-order valence-electron chi connectivity index (χ3n) is 4.35. The number of rotatable bonds is 7. The Bertz CT molecular complexity index is 905. The summed E-state index contributed by atoms with van der Waals surface area (Å²) in [5.41, 5.74) is 8.65. The smallest absolute Gasteiger partial charge is 0.326 e. The number of carboxylic acids is 1. The number of hydrogen-bond donors (Lipinski definition) is 4. The first kappa shape index (κ1) is 17.7. The zero-order chi connectivity index (χ0) is 18.5. The maximum atomic E-state index is 12.3. The van der Waals surface area contributed by atoms with Crippen molar-refractivity contribution in [2.45, 2.75) is 24.9 Å². The van der Waals surface area contributed by atoms with Crippen molar-refractivity contribution in [1.29, 1.82) is 0 Å². The van der Waals surface area contributed by atoms with E-state index in [1.807, 2.05) is 54.6 Å². The van der Waals surface area contributed by atoms with Gasteiger partial charge in [-0.25, -0.2) is 4.79 Å². The summed E-state index contributed by atoms with van der Waals surface area (Å²) in [4.78, 5) is 27.1. The molecule has 0 bridgehead atoms. The highest BCUT2D eigenvalue weighted by molar-refractivity contribution is 5.88. The molecule has 1 heterocycles. The van der Waals surface area contributed by atoms with Crippen LogP contribution in [0.5, 0.6) is 0 Å². The van der Waals surface area contributed by atoms with Gasteiger partial charge in [0.1, 0.15) is 6.04 Å². The molecule has 2 aromatic carbocycles. The van der Waals surface area contributed by atoms with Crippen LogP contribution in [0, 0.1) is 0 Å². The van der Waals surface area contributed by atoms with E-state index >= 15 is 0 Å². The van der Waals surface area contributed by atoms with Crippen molar-refractivity contribution in [3.63, 3.8) is 0 Å². The van der Waals surface area contributed by atoms with Gasteiger partial charge in [-0.3, -0.25) is 4.79 Å². The number of nitrogens with two attached hydrogens (primary N) is 1. The van der Waals surface area contributed by atoms with Crippen LogP contribution >= 0.6 is 0 Å². The third-order valence-corrected chi connectivity index (χ3v) is 4.35. The Morgan fingerprint density at radius 3 is 2.46 bits per heavy atom. The van der Waals surface area contributed by atoms with Crippen LogP contribution in [0.3, 0.4) is 0 Å². The largest absolute Gasteiger partial charge is 0.480 e. The predicted molar refractivity (Wildman–Crippen MR) is 99.7 cm³/mol. The quantitative estimate of drug-likeness (QED) is 0.521. The SMILES string of the molecule is N[C@@H](Cc1ccccc1)C(=O)N[C@H](Cc1c[nH]c2ccccc12)C(=O)O. The highest BCUT2D eigenvalue weighted by Crippen LogP contribution is 2.19. The van der Waals surface area contributed by atoms with Crippen LogP contribution in [0.2, 0.25) is 0 Å². The molecule has 0 saturated heterocycles. The minimum Gasteiger partial charge on any atom is -0.480 e. The summed E-state index contributed by atoms with van der Waals surface area (Å²) in [5, 5.41) is 13.0. The number of nitrogens with one attached hydrogen (secondary N) is 2. The van der Waals surface area contributed by atoms with Crippen LogP contribution in [0.25, 0.3) is 10.9 Å². The number of benzene rings is 2. The van der Waals surface area contributed by atoms with Crippen molar-refractivity contribution in [3.8, 4) is 0 Å². The molecule has 26 heavy (non-hydrogen) atoms. The Morgan fingerprint density at radius 2 is 1.73 bits per heavy atom. The van der Waals surface area contributed by atoms with E-state index < -0.39 is 24.0 Å². The minimum atomic E-state index is -1.09. The molecule has 1 amide bonds. The fraction of sp³-hybridized carbons (Fsp3) is 0.200. The van der Waals surface area contributed by atoms with E-state index in [0.29, 0.717) is 6.42 Å².